The Kier molecular flexibility index (Phi) is 7.10. The van der Waals surface area contributed by atoms with Crippen LogP contribution in [0.2, 0.25) is 0 Å². The summed E-state index contributed by atoms with van der Waals surface area (Å²) in [5.74, 6) is -0.985. The molecule has 3 aromatic rings. The van der Waals surface area contributed by atoms with Gasteiger partial charge >= 0.3 is 0 Å². The number of hydrogen-bond acceptors (Lipinski definition) is 7. The van der Waals surface area contributed by atoms with Crippen molar-refractivity contribution in [2.45, 2.75) is 26.4 Å². The molecule has 2 aromatic carbocycles. The number of non-ortho nitro benzene ring substituents is 1. The van der Waals surface area contributed by atoms with Crippen molar-refractivity contribution >= 4 is 23.1 Å². The van der Waals surface area contributed by atoms with Gasteiger partial charge in [0.05, 0.1) is 23.1 Å². The predicted molar refractivity (Wildman–Crippen MR) is 132 cm³/mol. The molecule has 9 heteroatoms. The highest BCUT2D eigenvalue weighted by Gasteiger charge is 2.46. The monoisotopic (exact) mass is 487 g/mol. The van der Waals surface area contributed by atoms with E-state index in [4.69, 9.17) is 4.74 Å². The van der Waals surface area contributed by atoms with Gasteiger partial charge in [-0.2, -0.15) is 0 Å². The van der Waals surface area contributed by atoms with E-state index in [0.717, 1.165) is 0 Å². The molecule has 0 spiro atoms. The van der Waals surface area contributed by atoms with Gasteiger partial charge in [0.15, 0.2) is 0 Å². The first kappa shape index (κ1) is 24.6. The van der Waals surface area contributed by atoms with Crippen molar-refractivity contribution in [1.29, 1.82) is 0 Å². The molecule has 0 bridgehead atoms. The molecule has 0 radical (unpaired) electrons. The van der Waals surface area contributed by atoms with Gasteiger partial charge < -0.3 is 14.7 Å². The maximum Gasteiger partial charge on any atom is 0.295 e. The molecule has 184 valence electrons. The Morgan fingerprint density at radius 3 is 2.39 bits per heavy atom. The zero-order valence-corrected chi connectivity index (χ0v) is 19.8. The lowest BCUT2D eigenvalue weighted by molar-refractivity contribution is -0.384. The summed E-state index contributed by atoms with van der Waals surface area (Å²) in [5, 5.41) is 22.3. The van der Waals surface area contributed by atoms with Crippen LogP contribution in [-0.2, 0) is 16.1 Å². The van der Waals surface area contributed by atoms with Gasteiger partial charge in [-0.3, -0.25) is 24.7 Å². The second-order valence-electron chi connectivity index (χ2n) is 8.87. The van der Waals surface area contributed by atoms with Crippen molar-refractivity contribution < 1.29 is 24.4 Å². The normalized spacial score (nSPS) is 17.0. The summed E-state index contributed by atoms with van der Waals surface area (Å²) in [5.41, 5.74) is 1.28. The van der Waals surface area contributed by atoms with Crippen LogP contribution in [0.15, 0.2) is 78.6 Å². The molecule has 1 aliphatic heterocycles. The number of nitro groups is 1. The van der Waals surface area contributed by atoms with Crippen LogP contribution in [0.1, 0.15) is 36.6 Å². The van der Waals surface area contributed by atoms with Crippen LogP contribution in [0.4, 0.5) is 5.69 Å². The van der Waals surface area contributed by atoms with E-state index in [1.165, 1.54) is 29.2 Å². The molecule has 2 heterocycles. The summed E-state index contributed by atoms with van der Waals surface area (Å²) < 4.78 is 5.68. The lowest BCUT2D eigenvalue weighted by atomic mass is 9.95. The Hall–Kier alpha value is -4.53. The molecule has 1 unspecified atom stereocenters. The number of nitro benzene ring substituents is 1. The van der Waals surface area contributed by atoms with Gasteiger partial charge in [-0.25, -0.2) is 0 Å². The van der Waals surface area contributed by atoms with E-state index in [1.54, 1.807) is 48.8 Å². The maximum absolute atomic E-state index is 13.2. The molecular weight excluding hydrogens is 462 g/mol. The summed E-state index contributed by atoms with van der Waals surface area (Å²) in [7, 11) is 0. The van der Waals surface area contributed by atoms with Gasteiger partial charge in [0.25, 0.3) is 17.4 Å². The van der Waals surface area contributed by atoms with E-state index in [0.29, 0.717) is 35.0 Å². The SMILES string of the molecule is CC(C)COc1ccc(C(O)=C2C(=O)C(=O)N(Cc3cccnc3)C2c2ccc([N+](=O)[O-])cc2)cc1. The first-order chi connectivity index (χ1) is 17.3. The number of carbonyl (C=O) groups is 2. The minimum absolute atomic E-state index is 0.0683. The van der Waals surface area contributed by atoms with Gasteiger partial charge in [0.2, 0.25) is 0 Å². The van der Waals surface area contributed by atoms with Crippen LogP contribution in [0.3, 0.4) is 0 Å². The molecule has 1 aromatic heterocycles. The molecule has 1 aliphatic rings. The van der Waals surface area contributed by atoms with E-state index in [-0.39, 0.29) is 23.6 Å². The quantitative estimate of drug-likeness (QED) is 0.161. The average molecular weight is 488 g/mol. The number of rotatable bonds is 8. The van der Waals surface area contributed by atoms with Gasteiger partial charge in [-0.05, 0) is 59.5 Å². The number of ether oxygens (including phenoxy) is 1. The Morgan fingerprint density at radius 2 is 1.81 bits per heavy atom. The minimum atomic E-state index is -0.942. The number of benzene rings is 2. The van der Waals surface area contributed by atoms with Gasteiger partial charge in [-0.15, -0.1) is 0 Å². The second-order valence-corrected chi connectivity index (χ2v) is 8.87. The molecule has 4 rings (SSSR count). The fraction of sp³-hybridized carbons (Fsp3) is 0.222. The van der Waals surface area contributed by atoms with E-state index >= 15 is 0 Å². The first-order valence-electron chi connectivity index (χ1n) is 11.4. The Morgan fingerprint density at radius 1 is 1.11 bits per heavy atom. The Labute approximate surface area is 207 Å². The average Bonchev–Trinajstić information content (AvgIpc) is 3.13. The first-order valence-corrected chi connectivity index (χ1v) is 11.4. The summed E-state index contributed by atoms with van der Waals surface area (Å²) in [6, 6.07) is 14.7. The fourth-order valence-electron chi connectivity index (χ4n) is 3.98. The van der Waals surface area contributed by atoms with E-state index in [1.807, 2.05) is 13.8 Å². The van der Waals surface area contributed by atoms with Crippen LogP contribution < -0.4 is 4.74 Å². The Balaban J connectivity index is 1.77. The molecule has 1 fully saturated rings. The molecule has 1 saturated heterocycles. The number of likely N-dealkylation sites (tertiary alicyclic amines) is 1. The molecular formula is C27H25N3O6. The number of nitrogens with zero attached hydrogens (tertiary/aromatic N) is 3. The van der Waals surface area contributed by atoms with Crippen LogP contribution >= 0.6 is 0 Å². The third kappa shape index (κ3) is 5.10. The predicted octanol–water partition coefficient (Wildman–Crippen LogP) is 4.65. The topological polar surface area (TPSA) is 123 Å². The van der Waals surface area contributed by atoms with Crippen molar-refractivity contribution in [2.24, 2.45) is 5.92 Å². The van der Waals surface area contributed by atoms with Gasteiger partial charge in [-0.1, -0.05) is 19.9 Å². The zero-order chi connectivity index (χ0) is 25.8. The third-order valence-electron chi connectivity index (χ3n) is 5.75. The number of aliphatic hydroxyl groups is 1. The molecule has 1 amide bonds. The lowest BCUT2D eigenvalue weighted by Crippen LogP contribution is -2.29. The van der Waals surface area contributed by atoms with Crippen molar-refractivity contribution in [1.82, 2.24) is 9.88 Å². The van der Waals surface area contributed by atoms with Crippen LogP contribution in [0.5, 0.6) is 5.75 Å². The second kappa shape index (κ2) is 10.4. The zero-order valence-electron chi connectivity index (χ0n) is 19.8. The number of aliphatic hydroxyl groups excluding tert-OH is 1. The smallest absolute Gasteiger partial charge is 0.295 e. The van der Waals surface area contributed by atoms with E-state index in [9.17, 15) is 24.8 Å². The van der Waals surface area contributed by atoms with Crippen molar-refractivity contribution in [2.75, 3.05) is 6.61 Å². The molecule has 1 atom stereocenters. The number of carbonyl (C=O) groups excluding carboxylic acids is 2. The van der Waals surface area contributed by atoms with Crippen molar-refractivity contribution in [3.63, 3.8) is 0 Å². The van der Waals surface area contributed by atoms with Crippen LogP contribution in [-0.4, -0.2) is 38.2 Å². The number of Topliss-reactive ketones (excluding diaryl/α,β-unsaturated/α-hetero) is 1. The number of hydrogen-bond donors (Lipinski definition) is 1. The maximum atomic E-state index is 13.2. The highest BCUT2D eigenvalue weighted by atomic mass is 16.6. The van der Waals surface area contributed by atoms with Crippen molar-refractivity contribution in [3.05, 3.63) is 105 Å². The summed E-state index contributed by atoms with van der Waals surface area (Å²) in [4.78, 5) is 42.3. The number of pyridine rings is 1. The third-order valence-corrected chi connectivity index (χ3v) is 5.75. The standard InChI is InChI=1S/C27H25N3O6/c1-17(2)16-36-22-11-7-20(8-12-22)25(31)23-24(19-5-9-21(10-6-19)30(34)35)29(27(33)26(23)32)15-18-4-3-13-28-14-18/h3-14,17,24,31H,15-16H2,1-2H3. The van der Waals surface area contributed by atoms with E-state index in [2.05, 4.69) is 4.98 Å². The highest BCUT2D eigenvalue weighted by Crippen LogP contribution is 2.40. The molecule has 0 aliphatic carbocycles. The fourth-order valence-corrected chi connectivity index (χ4v) is 3.98. The summed E-state index contributed by atoms with van der Waals surface area (Å²) in [6.45, 7) is 4.66. The van der Waals surface area contributed by atoms with Gasteiger partial charge in [0.1, 0.15) is 11.5 Å². The molecule has 0 saturated carbocycles. The number of aromatic nitrogens is 1. The highest BCUT2D eigenvalue weighted by molar-refractivity contribution is 6.46. The van der Waals surface area contributed by atoms with Crippen LogP contribution in [0, 0.1) is 16.0 Å². The lowest BCUT2D eigenvalue weighted by Gasteiger charge is -2.25. The summed E-state index contributed by atoms with van der Waals surface area (Å²) >= 11 is 0. The van der Waals surface area contributed by atoms with Gasteiger partial charge in [0, 0.05) is 36.6 Å². The number of amides is 1. The molecule has 36 heavy (non-hydrogen) atoms. The molecule has 1 N–H and O–H groups in total. The minimum Gasteiger partial charge on any atom is -0.507 e. The van der Waals surface area contributed by atoms with E-state index < -0.39 is 22.7 Å². The van der Waals surface area contributed by atoms with Crippen LogP contribution in [0.25, 0.3) is 5.76 Å². The largest absolute Gasteiger partial charge is 0.507 e. The number of ketones is 1. The van der Waals surface area contributed by atoms with Crippen molar-refractivity contribution in [3.8, 4) is 5.75 Å². The summed E-state index contributed by atoms with van der Waals surface area (Å²) in [6.07, 6.45) is 3.18. The Bertz CT molecular complexity index is 1300. The molecule has 9 nitrogen and oxygen atoms in total.